The average molecular weight is 339 g/mol. The number of H-pyrrole nitrogens is 1. The number of aliphatic hydroxyl groups excluding tert-OH is 1. The van der Waals surface area contributed by atoms with Crippen LogP contribution in [0.5, 0.6) is 0 Å². The van der Waals surface area contributed by atoms with E-state index in [0.29, 0.717) is 29.5 Å². The lowest BCUT2D eigenvalue weighted by Crippen LogP contribution is -2.11. The first kappa shape index (κ1) is 17.3. The van der Waals surface area contributed by atoms with Crippen LogP contribution in [0.3, 0.4) is 0 Å². The third kappa shape index (κ3) is 4.03. The molecule has 0 radical (unpaired) electrons. The van der Waals surface area contributed by atoms with Crippen LogP contribution in [0.1, 0.15) is 31.0 Å². The van der Waals surface area contributed by atoms with E-state index in [4.69, 9.17) is 16.3 Å². The van der Waals surface area contributed by atoms with E-state index in [9.17, 15) is 15.1 Å². The summed E-state index contributed by atoms with van der Waals surface area (Å²) < 4.78 is 4.88. The highest BCUT2D eigenvalue weighted by molar-refractivity contribution is 6.31. The number of aromatic amines is 1. The fourth-order valence-corrected chi connectivity index (χ4v) is 2.69. The van der Waals surface area contributed by atoms with Gasteiger partial charge in [-0.05, 0) is 37.1 Å². The number of carbonyl (C=O) groups is 1. The van der Waals surface area contributed by atoms with Gasteiger partial charge in [0.15, 0.2) is 0 Å². The number of rotatable bonds is 7. The molecule has 1 aromatic heterocycles. The summed E-state index contributed by atoms with van der Waals surface area (Å²) in [5, 5.41) is 23.4. The Morgan fingerprint density at radius 3 is 2.83 bits per heavy atom. The van der Waals surface area contributed by atoms with E-state index in [1.165, 1.54) is 0 Å². The summed E-state index contributed by atoms with van der Waals surface area (Å²) in [7, 11) is 0. The standard InChI is InChI=1S/C16H19ClN2O4/c1-2-23-15(21)6-5-14(19-22)16-11(7-8-20)12-9-10(17)3-4-13(12)18-16/h3-4,9,18,20,22H,2,5-8H2,1H3/b19-14-. The summed E-state index contributed by atoms with van der Waals surface area (Å²) in [6.07, 6.45) is 0.727. The first-order valence-corrected chi connectivity index (χ1v) is 7.76. The minimum atomic E-state index is -0.350. The number of halogens is 1. The molecule has 0 unspecified atom stereocenters. The number of hydrogen-bond donors (Lipinski definition) is 3. The molecule has 0 fully saturated rings. The lowest BCUT2D eigenvalue weighted by molar-refractivity contribution is -0.142. The van der Waals surface area contributed by atoms with E-state index < -0.39 is 0 Å². The number of esters is 1. The van der Waals surface area contributed by atoms with Crippen LogP contribution in [0.15, 0.2) is 23.4 Å². The number of aromatic nitrogens is 1. The van der Waals surface area contributed by atoms with E-state index in [1.54, 1.807) is 19.1 Å². The molecule has 1 heterocycles. The van der Waals surface area contributed by atoms with Gasteiger partial charge in [0.25, 0.3) is 0 Å². The Morgan fingerprint density at radius 2 is 2.17 bits per heavy atom. The number of carbonyl (C=O) groups excluding carboxylic acids is 1. The number of aliphatic hydroxyl groups is 1. The van der Waals surface area contributed by atoms with Gasteiger partial charge in [-0.15, -0.1) is 0 Å². The Bertz CT molecular complexity index is 724. The molecule has 2 aromatic rings. The Hall–Kier alpha value is -2.05. The minimum Gasteiger partial charge on any atom is -0.466 e. The average Bonchev–Trinajstić information content (AvgIpc) is 2.87. The molecule has 0 spiro atoms. The van der Waals surface area contributed by atoms with E-state index in [-0.39, 0.29) is 25.4 Å². The molecule has 7 heteroatoms. The summed E-state index contributed by atoms with van der Waals surface area (Å²) in [6.45, 7) is 1.99. The number of oxime groups is 1. The lowest BCUT2D eigenvalue weighted by Gasteiger charge is -2.06. The van der Waals surface area contributed by atoms with Gasteiger partial charge in [-0.2, -0.15) is 0 Å². The van der Waals surface area contributed by atoms with Crippen LogP contribution in [0.25, 0.3) is 10.9 Å². The van der Waals surface area contributed by atoms with Crippen molar-refractivity contribution in [2.24, 2.45) is 5.16 Å². The van der Waals surface area contributed by atoms with Gasteiger partial charge in [-0.25, -0.2) is 0 Å². The highest BCUT2D eigenvalue weighted by Gasteiger charge is 2.18. The van der Waals surface area contributed by atoms with Gasteiger partial charge < -0.3 is 20.0 Å². The van der Waals surface area contributed by atoms with Gasteiger partial charge in [-0.3, -0.25) is 4.79 Å². The molecule has 0 aliphatic rings. The normalized spacial score (nSPS) is 11.9. The number of ether oxygens (including phenoxy) is 1. The van der Waals surface area contributed by atoms with Crippen LogP contribution in [0.4, 0.5) is 0 Å². The summed E-state index contributed by atoms with van der Waals surface area (Å²) in [4.78, 5) is 14.7. The molecule has 0 amide bonds. The first-order chi connectivity index (χ1) is 11.1. The highest BCUT2D eigenvalue weighted by Crippen LogP contribution is 2.27. The van der Waals surface area contributed by atoms with Crippen molar-refractivity contribution >= 4 is 34.2 Å². The fourth-order valence-electron chi connectivity index (χ4n) is 2.52. The molecule has 124 valence electrons. The molecule has 1 aromatic carbocycles. The maximum atomic E-state index is 11.5. The Labute approximate surface area is 138 Å². The maximum Gasteiger partial charge on any atom is 0.306 e. The molecule has 0 atom stereocenters. The Morgan fingerprint density at radius 1 is 1.39 bits per heavy atom. The molecular weight excluding hydrogens is 320 g/mol. The molecular formula is C16H19ClN2O4. The second-order valence-electron chi connectivity index (χ2n) is 4.99. The first-order valence-electron chi connectivity index (χ1n) is 7.38. The molecule has 0 aliphatic heterocycles. The number of nitrogens with zero attached hydrogens (tertiary/aromatic N) is 1. The SMILES string of the molecule is CCOC(=O)CC/C(=N/O)c1[nH]c2ccc(Cl)cc2c1CCO. The maximum absolute atomic E-state index is 11.5. The second kappa shape index (κ2) is 7.99. The molecule has 0 aliphatic carbocycles. The Balaban J connectivity index is 2.35. The van der Waals surface area contributed by atoms with Gasteiger partial charge in [-0.1, -0.05) is 16.8 Å². The summed E-state index contributed by atoms with van der Waals surface area (Å²) >= 11 is 6.03. The lowest BCUT2D eigenvalue weighted by atomic mass is 10.0. The number of fused-ring (bicyclic) bond motifs is 1. The number of benzene rings is 1. The van der Waals surface area contributed by atoms with Crippen LogP contribution in [-0.4, -0.2) is 40.2 Å². The van der Waals surface area contributed by atoms with E-state index in [2.05, 4.69) is 10.1 Å². The zero-order chi connectivity index (χ0) is 16.8. The predicted molar refractivity (Wildman–Crippen MR) is 88.3 cm³/mol. The van der Waals surface area contributed by atoms with Crippen molar-refractivity contribution in [3.8, 4) is 0 Å². The minimum absolute atomic E-state index is 0.0525. The summed E-state index contributed by atoms with van der Waals surface area (Å²) in [5.74, 6) is -0.350. The molecule has 0 saturated heterocycles. The van der Waals surface area contributed by atoms with Crippen molar-refractivity contribution in [2.45, 2.75) is 26.2 Å². The van der Waals surface area contributed by atoms with E-state index in [0.717, 1.165) is 16.5 Å². The van der Waals surface area contributed by atoms with Gasteiger partial charge in [0.1, 0.15) is 5.71 Å². The van der Waals surface area contributed by atoms with Crippen LogP contribution < -0.4 is 0 Å². The monoisotopic (exact) mass is 338 g/mol. The van der Waals surface area contributed by atoms with Gasteiger partial charge in [0, 0.05) is 29.0 Å². The van der Waals surface area contributed by atoms with Crippen LogP contribution in [0.2, 0.25) is 5.02 Å². The van der Waals surface area contributed by atoms with Crippen molar-refractivity contribution in [2.75, 3.05) is 13.2 Å². The predicted octanol–water partition coefficient (Wildman–Crippen LogP) is 2.88. The number of hydrogen-bond acceptors (Lipinski definition) is 5. The van der Waals surface area contributed by atoms with Crippen molar-refractivity contribution in [3.63, 3.8) is 0 Å². The van der Waals surface area contributed by atoms with E-state index in [1.807, 2.05) is 6.07 Å². The van der Waals surface area contributed by atoms with Crippen molar-refractivity contribution in [3.05, 3.63) is 34.5 Å². The van der Waals surface area contributed by atoms with Crippen LogP contribution in [-0.2, 0) is 16.0 Å². The van der Waals surface area contributed by atoms with Gasteiger partial charge >= 0.3 is 5.97 Å². The van der Waals surface area contributed by atoms with Gasteiger partial charge in [0.2, 0.25) is 0 Å². The summed E-state index contributed by atoms with van der Waals surface area (Å²) in [5.41, 5.74) is 2.57. The largest absolute Gasteiger partial charge is 0.466 e. The summed E-state index contributed by atoms with van der Waals surface area (Å²) in [6, 6.07) is 5.37. The topological polar surface area (TPSA) is 94.9 Å². The third-order valence-electron chi connectivity index (χ3n) is 3.51. The molecule has 2 rings (SSSR count). The van der Waals surface area contributed by atoms with Crippen molar-refractivity contribution < 1.29 is 19.8 Å². The fraction of sp³-hybridized carbons (Fsp3) is 0.375. The number of nitrogens with one attached hydrogen (secondary N) is 1. The van der Waals surface area contributed by atoms with Crippen molar-refractivity contribution in [1.82, 2.24) is 4.98 Å². The van der Waals surface area contributed by atoms with Crippen molar-refractivity contribution in [1.29, 1.82) is 0 Å². The Kier molecular flexibility index (Phi) is 6.01. The quantitative estimate of drug-likeness (QED) is 0.313. The molecule has 23 heavy (non-hydrogen) atoms. The molecule has 0 bridgehead atoms. The van der Waals surface area contributed by atoms with Gasteiger partial charge in [0.05, 0.1) is 18.7 Å². The molecule has 3 N–H and O–H groups in total. The van der Waals surface area contributed by atoms with E-state index >= 15 is 0 Å². The smallest absolute Gasteiger partial charge is 0.306 e. The third-order valence-corrected chi connectivity index (χ3v) is 3.75. The zero-order valence-corrected chi connectivity index (χ0v) is 13.6. The zero-order valence-electron chi connectivity index (χ0n) is 12.8. The van der Waals surface area contributed by atoms with Crippen LogP contribution in [0, 0.1) is 0 Å². The van der Waals surface area contributed by atoms with Crippen LogP contribution >= 0.6 is 11.6 Å². The second-order valence-corrected chi connectivity index (χ2v) is 5.43. The molecule has 0 saturated carbocycles. The highest BCUT2D eigenvalue weighted by atomic mass is 35.5. The molecule has 6 nitrogen and oxygen atoms in total.